The molecule has 4 rings (SSSR count). The van der Waals surface area contributed by atoms with Gasteiger partial charge in [-0.3, -0.25) is 14.5 Å². The second kappa shape index (κ2) is 7.21. The average molecular weight is 404 g/mol. The Balaban J connectivity index is 1.56. The van der Waals surface area contributed by atoms with Crippen molar-refractivity contribution in [3.8, 4) is 0 Å². The summed E-state index contributed by atoms with van der Waals surface area (Å²) in [6, 6.07) is 2.59. The summed E-state index contributed by atoms with van der Waals surface area (Å²) in [6.07, 6.45) is 1.12. The number of likely N-dealkylation sites (tertiary alicyclic amines) is 1. The van der Waals surface area contributed by atoms with Crippen molar-refractivity contribution in [3.05, 3.63) is 29.3 Å². The molecule has 0 bridgehead atoms. The number of imide groups is 1. The number of carbonyl (C=O) groups is 4. The largest absolute Gasteiger partial charge is 0.478 e. The third kappa shape index (κ3) is 3.50. The van der Waals surface area contributed by atoms with Crippen molar-refractivity contribution in [2.24, 2.45) is 0 Å². The van der Waals surface area contributed by atoms with E-state index in [2.05, 4.69) is 0 Å². The molecule has 1 aromatic carbocycles. The molecule has 0 aromatic heterocycles. The Morgan fingerprint density at radius 2 is 1.52 bits per heavy atom. The second-order valence-corrected chi connectivity index (χ2v) is 7.31. The van der Waals surface area contributed by atoms with Gasteiger partial charge in [0.1, 0.15) is 0 Å². The van der Waals surface area contributed by atoms with Crippen molar-refractivity contribution < 1.29 is 38.9 Å². The molecule has 1 atom stereocenters. The zero-order valence-corrected chi connectivity index (χ0v) is 15.5. The van der Waals surface area contributed by atoms with Gasteiger partial charge >= 0.3 is 11.9 Å². The monoisotopic (exact) mass is 404 g/mol. The van der Waals surface area contributed by atoms with Crippen molar-refractivity contribution >= 4 is 29.4 Å². The van der Waals surface area contributed by atoms with E-state index in [4.69, 9.17) is 9.47 Å². The highest BCUT2D eigenvalue weighted by Crippen LogP contribution is 2.34. The molecule has 3 aliphatic heterocycles. The lowest BCUT2D eigenvalue weighted by molar-refractivity contribution is -0.188. The summed E-state index contributed by atoms with van der Waals surface area (Å²) in [4.78, 5) is 51.0. The fourth-order valence-electron chi connectivity index (χ4n) is 4.12. The van der Waals surface area contributed by atoms with E-state index in [0.29, 0.717) is 39.1 Å². The molecule has 2 N–H and O–H groups in total. The Labute approximate surface area is 165 Å². The van der Waals surface area contributed by atoms with Crippen LogP contribution in [0.1, 0.15) is 40.0 Å². The maximum atomic E-state index is 13.0. The van der Waals surface area contributed by atoms with Crippen LogP contribution in [0, 0.1) is 0 Å². The van der Waals surface area contributed by atoms with Gasteiger partial charge in [-0.05, 0) is 18.2 Å². The predicted molar refractivity (Wildman–Crippen MR) is 96.7 cm³/mol. The molecule has 10 heteroatoms. The molecule has 1 aromatic rings. The van der Waals surface area contributed by atoms with Crippen molar-refractivity contribution in [1.29, 1.82) is 0 Å². The van der Waals surface area contributed by atoms with E-state index in [1.807, 2.05) is 4.90 Å². The molecule has 0 aliphatic carbocycles. The van der Waals surface area contributed by atoms with E-state index in [-0.39, 0.29) is 23.2 Å². The number of carboxylic acids is 2. The fourth-order valence-corrected chi connectivity index (χ4v) is 4.12. The van der Waals surface area contributed by atoms with Crippen LogP contribution >= 0.6 is 0 Å². The van der Waals surface area contributed by atoms with Gasteiger partial charge in [0, 0.05) is 25.9 Å². The summed E-state index contributed by atoms with van der Waals surface area (Å²) in [5, 5.41) is 18.5. The summed E-state index contributed by atoms with van der Waals surface area (Å²) in [6.45, 7) is 2.13. The number of hydrogen-bond acceptors (Lipinski definition) is 7. The number of rotatable bonds is 4. The van der Waals surface area contributed by atoms with Crippen LogP contribution < -0.4 is 4.90 Å². The van der Waals surface area contributed by atoms with Crippen LogP contribution in [0.3, 0.4) is 0 Å². The molecule has 2 amide bonds. The Hall–Kier alpha value is -2.82. The van der Waals surface area contributed by atoms with Crippen molar-refractivity contribution in [2.75, 3.05) is 31.2 Å². The zero-order chi connectivity index (χ0) is 20.8. The van der Waals surface area contributed by atoms with E-state index in [0.717, 1.165) is 23.1 Å². The SMILES string of the molecule is O=C(O)c1cc(C(=O)O)cc(N2C(=O)CC(N3CCC4(CC3)OCCO4)C2=O)c1. The lowest BCUT2D eigenvalue weighted by Gasteiger charge is -2.39. The standard InChI is InChI=1S/C19H20N2O8/c22-15-10-14(20-3-1-19(2-4-20)28-5-6-29-19)16(23)21(15)13-8-11(17(24)25)7-12(9-13)18(26)27/h7-9,14H,1-6,10H2,(H,24,25)(H,26,27). The van der Waals surface area contributed by atoms with E-state index >= 15 is 0 Å². The predicted octanol–water partition coefficient (Wildman–Crippen LogP) is 0.554. The molecular formula is C19H20N2O8. The molecule has 1 unspecified atom stereocenters. The quantitative estimate of drug-likeness (QED) is 0.690. The van der Waals surface area contributed by atoms with Gasteiger partial charge in [-0.2, -0.15) is 0 Å². The van der Waals surface area contributed by atoms with Crippen LogP contribution in [0.25, 0.3) is 0 Å². The Kier molecular flexibility index (Phi) is 4.85. The number of amides is 2. The minimum Gasteiger partial charge on any atom is -0.478 e. The number of hydrogen-bond donors (Lipinski definition) is 2. The number of benzene rings is 1. The van der Waals surface area contributed by atoms with Crippen LogP contribution in [-0.2, 0) is 19.1 Å². The van der Waals surface area contributed by atoms with Gasteiger partial charge in [-0.15, -0.1) is 0 Å². The summed E-state index contributed by atoms with van der Waals surface area (Å²) in [7, 11) is 0. The summed E-state index contributed by atoms with van der Waals surface area (Å²) in [5.74, 6) is -4.27. The molecule has 154 valence electrons. The first-order valence-electron chi connectivity index (χ1n) is 9.30. The maximum Gasteiger partial charge on any atom is 0.335 e. The number of carboxylic acid groups (broad SMARTS) is 2. The minimum atomic E-state index is -1.34. The second-order valence-electron chi connectivity index (χ2n) is 7.31. The van der Waals surface area contributed by atoms with E-state index in [9.17, 15) is 29.4 Å². The van der Waals surface area contributed by atoms with Gasteiger partial charge in [-0.25, -0.2) is 14.5 Å². The minimum absolute atomic E-state index is 0.0456. The van der Waals surface area contributed by atoms with Gasteiger partial charge in [0.15, 0.2) is 5.79 Å². The third-order valence-electron chi connectivity index (χ3n) is 5.61. The van der Waals surface area contributed by atoms with Crippen LogP contribution in [0.15, 0.2) is 18.2 Å². The highest BCUT2D eigenvalue weighted by Gasteiger charge is 2.47. The Bertz CT molecular complexity index is 850. The van der Waals surface area contributed by atoms with Gasteiger partial charge in [-0.1, -0.05) is 0 Å². The first kappa shape index (κ1) is 19.5. The number of ether oxygens (including phenoxy) is 2. The Morgan fingerprint density at radius 3 is 2.03 bits per heavy atom. The van der Waals surface area contributed by atoms with Crippen LogP contribution in [0.5, 0.6) is 0 Å². The van der Waals surface area contributed by atoms with Gasteiger partial charge < -0.3 is 19.7 Å². The lowest BCUT2D eigenvalue weighted by Crippen LogP contribution is -2.51. The third-order valence-corrected chi connectivity index (χ3v) is 5.61. The van der Waals surface area contributed by atoms with E-state index in [1.165, 1.54) is 0 Å². The summed E-state index contributed by atoms with van der Waals surface area (Å²) in [5.41, 5.74) is -0.658. The molecule has 3 aliphatic rings. The number of carbonyl (C=O) groups excluding carboxylic acids is 2. The average Bonchev–Trinajstić information content (AvgIpc) is 3.26. The molecule has 10 nitrogen and oxygen atoms in total. The zero-order valence-electron chi connectivity index (χ0n) is 15.5. The molecule has 1 spiro atoms. The molecule has 0 saturated carbocycles. The highest BCUT2D eigenvalue weighted by molar-refractivity contribution is 6.23. The van der Waals surface area contributed by atoms with Crippen LogP contribution in [0.2, 0.25) is 0 Å². The summed E-state index contributed by atoms with van der Waals surface area (Å²) >= 11 is 0. The van der Waals surface area contributed by atoms with Crippen LogP contribution in [-0.4, -0.2) is 77.0 Å². The Morgan fingerprint density at radius 1 is 0.966 bits per heavy atom. The first-order chi connectivity index (χ1) is 13.8. The first-order valence-corrected chi connectivity index (χ1v) is 9.30. The molecular weight excluding hydrogens is 384 g/mol. The van der Waals surface area contributed by atoms with E-state index in [1.54, 1.807) is 0 Å². The molecule has 29 heavy (non-hydrogen) atoms. The molecule has 3 saturated heterocycles. The van der Waals surface area contributed by atoms with E-state index < -0.39 is 35.6 Å². The number of nitrogens with zero attached hydrogens (tertiary/aromatic N) is 2. The molecule has 3 heterocycles. The van der Waals surface area contributed by atoms with Gasteiger partial charge in [0.05, 0.1) is 42.5 Å². The molecule has 3 fully saturated rings. The highest BCUT2D eigenvalue weighted by atomic mass is 16.7. The smallest absolute Gasteiger partial charge is 0.335 e. The fraction of sp³-hybridized carbons (Fsp3) is 0.474. The maximum absolute atomic E-state index is 13.0. The van der Waals surface area contributed by atoms with Crippen LogP contribution in [0.4, 0.5) is 5.69 Å². The topological polar surface area (TPSA) is 134 Å². The van der Waals surface area contributed by atoms with Crippen molar-refractivity contribution in [1.82, 2.24) is 4.90 Å². The van der Waals surface area contributed by atoms with Crippen molar-refractivity contribution in [3.63, 3.8) is 0 Å². The number of aromatic carboxylic acids is 2. The summed E-state index contributed by atoms with van der Waals surface area (Å²) < 4.78 is 11.4. The van der Waals surface area contributed by atoms with Crippen molar-refractivity contribution in [2.45, 2.75) is 31.1 Å². The number of piperidine rings is 1. The van der Waals surface area contributed by atoms with Gasteiger partial charge in [0.25, 0.3) is 5.91 Å². The van der Waals surface area contributed by atoms with Gasteiger partial charge in [0.2, 0.25) is 5.91 Å². The normalized spacial score (nSPS) is 24.4. The number of anilines is 1. The lowest BCUT2D eigenvalue weighted by atomic mass is 10.0. The molecule has 0 radical (unpaired) electrons.